The molecule has 3 heterocycles. The second-order valence-corrected chi connectivity index (χ2v) is 13.8. The number of nitrogens with one attached hydrogen (secondary N) is 1. The molecule has 0 radical (unpaired) electrons. The zero-order valence-corrected chi connectivity index (χ0v) is 21.1. The third-order valence-corrected chi connectivity index (χ3v) is 9.08. The van der Waals surface area contributed by atoms with Crippen LogP contribution in [0.4, 0.5) is 5.82 Å². The molecule has 0 spiro atoms. The number of aryl methyl sites for hydroxylation is 2. The number of hydrogen-bond donors (Lipinski definition) is 1. The molecule has 170 valence electrons. The van der Waals surface area contributed by atoms with Gasteiger partial charge < -0.3 is 4.90 Å². The maximum atomic E-state index is 13.2. The fourth-order valence-corrected chi connectivity index (χ4v) is 6.88. The molecule has 0 amide bonds. The van der Waals surface area contributed by atoms with Crippen LogP contribution in [0, 0.1) is 23.7 Å². The van der Waals surface area contributed by atoms with Crippen LogP contribution < -0.4 is 9.62 Å². The van der Waals surface area contributed by atoms with Gasteiger partial charge in [0.1, 0.15) is 15.7 Å². The van der Waals surface area contributed by atoms with E-state index >= 15 is 0 Å². The third kappa shape index (κ3) is 4.81. The molecule has 0 atom stereocenters. The van der Waals surface area contributed by atoms with Crippen LogP contribution in [0.5, 0.6) is 0 Å². The van der Waals surface area contributed by atoms with E-state index in [1.165, 1.54) is 4.88 Å². The Hall–Kier alpha value is -1.51. The van der Waals surface area contributed by atoms with Crippen molar-refractivity contribution < 1.29 is 8.42 Å². The minimum absolute atomic E-state index is 0.205. The molecule has 6 nitrogen and oxygen atoms in total. The van der Waals surface area contributed by atoms with E-state index in [4.69, 9.17) is 4.98 Å². The summed E-state index contributed by atoms with van der Waals surface area (Å²) in [6, 6.07) is 1.73. The molecular formula is C23H34N4O2S2. The van der Waals surface area contributed by atoms with E-state index in [0.717, 1.165) is 48.6 Å². The highest BCUT2D eigenvalue weighted by atomic mass is 32.2. The average Bonchev–Trinajstić information content (AvgIpc) is 2.99. The summed E-state index contributed by atoms with van der Waals surface area (Å²) < 4.78 is 29.3. The van der Waals surface area contributed by atoms with Crippen molar-refractivity contribution in [1.82, 2.24) is 14.7 Å². The van der Waals surface area contributed by atoms with Crippen LogP contribution in [0.3, 0.4) is 0 Å². The fraction of sp³-hybridized carbons (Fsp3) is 0.652. The van der Waals surface area contributed by atoms with Crippen LogP contribution in [0.1, 0.15) is 62.2 Å². The van der Waals surface area contributed by atoms with E-state index in [0.29, 0.717) is 17.2 Å². The Labute approximate surface area is 190 Å². The molecule has 8 heteroatoms. The Balaban J connectivity index is 1.51. The first-order valence-corrected chi connectivity index (χ1v) is 13.3. The zero-order valence-electron chi connectivity index (χ0n) is 19.4. The van der Waals surface area contributed by atoms with Gasteiger partial charge in [-0.2, -0.15) is 0 Å². The second kappa shape index (κ2) is 7.81. The minimum atomic E-state index is -3.70. The molecule has 4 rings (SSSR count). The molecule has 2 aliphatic rings. The van der Waals surface area contributed by atoms with Crippen LogP contribution in [0.25, 0.3) is 0 Å². The van der Waals surface area contributed by atoms with Crippen molar-refractivity contribution in [1.29, 1.82) is 0 Å². The molecule has 0 aromatic carbocycles. The maximum absolute atomic E-state index is 13.2. The lowest BCUT2D eigenvalue weighted by atomic mass is 9.76. The molecule has 1 aliphatic heterocycles. The minimum Gasteiger partial charge on any atom is -0.355 e. The largest absolute Gasteiger partial charge is 0.355 e. The monoisotopic (exact) mass is 462 g/mol. The van der Waals surface area contributed by atoms with Crippen LogP contribution in [0.15, 0.2) is 17.2 Å². The standard InChI is InChI=1S/C23H34N4O2S2/c1-15-9-19(21(24-11-15)27-13-16(14-27)22(2,3)4)31(28,29)25-12-20-26-17-7-8-23(5,6)10-18(17)30-20/h9,11,16,25H,7-8,10,12-14H2,1-6H3. The van der Waals surface area contributed by atoms with Crippen molar-refractivity contribution in [3.8, 4) is 0 Å². The lowest BCUT2D eigenvalue weighted by Gasteiger charge is -2.47. The molecule has 1 saturated heterocycles. The van der Waals surface area contributed by atoms with E-state index in [-0.39, 0.29) is 16.9 Å². The number of fused-ring (bicyclic) bond motifs is 1. The number of aromatic nitrogens is 2. The summed E-state index contributed by atoms with van der Waals surface area (Å²) in [6.07, 6.45) is 4.86. The normalized spacial score (nSPS) is 19.2. The van der Waals surface area contributed by atoms with Crippen LogP contribution in [0.2, 0.25) is 0 Å². The highest BCUT2D eigenvalue weighted by Crippen LogP contribution is 2.39. The molecule has 0 unspecified atom stereocenters. The number of sulfonamides is 1. The summed E-state index contributed by atoms with van der Waals surface area (Å²) >= 11 is 1.64. The quantitative estimate of drug-likeness (QED) is 0.716. The second-order valence-electron chi connectivity index (χ2n) is 10.9. The van der Waals surface area contributed by atoms with Gasteiger partial charge in [-0.25, -0.2) is 23.1 Å². The van der Waals surface area contributed by atoms with Crippen molar-refractivity contribution in [2.75, 3.05) is 18.0 Å². The Bertz CT molecular complexity index is 1080. The molecule has 31 heavy (non-hydrogen) atoms. The first kappa shape index (κ1) is 22.7. The summed E-state index contributed by atoms with van der Waals surface area (Å²) in [5.74, 6) is 1.09. The number of thiazole rings is 1. The first-order chi connectivity index (χ1) is 14.3. The average molecular weight is 463 g/mol. The molecule has 1 aliphatic carbocycles. The third-order valence-electron chi connectivity index (χ3n) is 6.58. The van der Waals surface area contributed by atoms with E-state index in [1.54, 1.807) is 23.6 Å². The van der Waals surface area contributed by atoms with Crippen molar-refractivity contribution in [2.24, 2.45) is 16.7 Å². The molecule has 2 aromatic rings. The van der Waals surface area contributed by atoms with Gasteiger partial charge in [0.15, 0.2) is 0 Å². The fourth-order valence-electron chi connectivity index (χ4n) is 4.23. The van der Waals surface area contributed by atoms with E-state index in [1.807, 2.05) is 6.92 Å². The summed E-state index contributed by atoms with van der Waals surface area (Å²) in [4.78, 5) is 12.9. The molecule has 0 bridgehead atoms. The predicted octanol–water partition coefficient (Wildman–Crippen LogP) is 4.32. The Kier molecular flexibility index (Phi) is 5.72. The highest BCUT2D eigenvalue weighted by Gasteiger charge is 2.38. The summed E-state index contributed by atoms with van der Waals surface area (Å²) in [6.45, 7) is 15.0. The van der Waals surface area contributed by atoms with Gasteiger partial charge in [-0.1, -0.05) is 34.6 Å². The Morgan fingerprint density at radius 3 is 2.68 bits per heavy atom. The number of anilines is 1. The van der Waals surface area contributed by atoms with Crippen LogP contribution >= 0.6 is 11.3 Å². The summed E-state index contributed by atoms with van der Waals surface area (Å²) in [7, 11) is -3.70. The number of hydrogen-bond acceptors (Lipinski definition) is 6. The van der Waals surface area contributed by atoms with Crippen LogP contribution in [-0.4, -0.2) is 31.5 Å². The molecule has 2 aromatic heterocycles. The zero-order chi connectivity index (χ0) is 22.6. The number of rotatable bonds is 5. The van der Waals surface area contributed by atoms with Crippen molar-refractivity contribution in [3.05, 3.63) is 33.4 Å². The van der Waals surface area contributed by atoms with E-state index in [2.05, 4.69) is 49.2 Å². The van der Waals surface area contributed by atoms with E-state index in [9.17, 15) is 8.42 Å². The van der Waals surface area contributed by atoms with Gasteiger partial charge in [-0.3, -0.25) is 0 Å². The van der Waals surface area contributed by atoms with Crippen molar-refractivity contribution >= 4 is 27.2 Å². The van der Waals surface area contributed by atoms with E-state index < -0.39 is 10.0 Å². The van der Waals surface area contributed by atoms with Crippen molar-refractivity contribution in [3.63, 3.8) is 0 Å². The lowest BCUT2D eigenvalue weighted by molar-refractivity contribution is 0.194. The van der Waals surface area contributed by atoms with Gasteiger partial charge in [0.05, 0.1) is 12.2 Å². The molecule has 0 saturated carbocycles. The Morgan fingerprint density at radius 2 is 2.00 bits per heavy atom. The SMILES string of the molecule is Cc1cnc(N2CC(C(C)(C)C)C2)c(S(=O)(=O)NCc2nc3c(s2)CC(C)(C)CC3)c1. The summed E-state index contributed by atoms with van der Waals surface area (Å²) in [5.41, 5.74) is 2.48. The summed E-state index contributed by atoms with van der Waals surface area (Å²) in [5, 5.41) is 0.838. The topological polar surface area (TPSA) is 75.2 Å². The Morgan fingerprint density at radius 1 is 1.29 bits per heavy atom. The highest BCUT2D eigenvalue weighted by molar-refractivity contribution is 7.89. The van der Waals surface area contributed by atoms with Gasteiger partial charge >= 0.3 is 0 Å². The number of nitrogens with zero attached hydrogens (tertiary/aromatic N) is 3. The van der Waals surface area contributed by atoms with Gasteiger partial charge in [0.25, 0.3) is 0 Å². The van der Waals surface area contributed by atoms with Crippen LogP contribution in [-0.2, 0) is 29.4 Å². The van der Waals surface area contributed by atoms with Gasteiger partial charge in [0.2, 0.25) is 10.0 Å². The van der Waals surface area contributed by atoms with Gasteiger partial charge in [-0.15, -0.1) is 11.3 Å². The van der Waals surface area contributed by atoms with Gasteiger partial charge in [-0.05, 0) is 54.6 Å². The predicted molar refractivity (Wildman–Crippen MR) is 126 cm³/mol. The smallest absolute Gasteiger partial charge is 0.244 e. The molecule has 1 N–H and O–H groups in total. The van der Waals surface area contributed by atoms with Crippen molar-refractivity contribution in [2.45, 2.75) is 72.2 Å². The van der Waals surface area contributed by atoms with Gasteiger partial charge in [0, 0.05) is 24.2 Å². The lowest BCUT2D eigenvalue weighted by Crippen LogP contribution is -2.53. The molecule has 1 fully saturated rings. The number of pyridine rings is 1. The first-order valence-electron chi connectivity index (χ1n) is 11.0. The maximum Gasteiger partial charge on any atom is 0.244 e. The molecular weight excluding hydrogens is 428 g/mol.